The third-order valence-corrected chi connectivity index (χ3v) is 3.94. The molecule has 0 aliphatic heterocycles. The molecule has 0 bridgehead atoms. The van der Waals surface area contributed by atoms with E-state index in [0.717, 1.165) is 12.2 Å². The zero-order valence-corrected chi connectivity index (χ0v) is 12.9. The second-order valence-corrected chi connectivity index (χ2v) is 6.61. The lowest BCUT2D eigenvalue weighted by molar-refractivity contribution is 0.459. The molecule has 0 atom stereocenters. The Morgan fingerprint density at radius 2 is 1.86 bits per heavy atom. The molecule has 0 saturated carbocycles. The second-order valence-electron chi connectivity index (χ2n) is 4.59. The van der Waals surface area contributed by atoms with Crippen molar-refractivity contribution in [3.63, 3.8) is 0 Å². The Labute approximate surface area is 124 Å². The summed E-state index contributed by atoms with van der Waals surface area (Å²) >= 11 is 0. The molecule has 2 rings (SSSR count). The van der Waals surface area contributed by atoms with Gasteiger partial charge in [0, 0.05) is 18.9 Å². The summed E-state index contributed by atoms with van der Waals surface area (Å²) in [7, 11) is -3.19. The zero-order valence-electron chi connectivity index (χ0n) is 12.0. The number of ether oxygens (including phenoxy) is 1. The minimum Gasteiger partial charge on any atom is -0.439 e. The van der Waals surface area contributed by atoms with Crippen molar-refractivity contribution in [1.82, 2.24) is 10.3 Å². The highest BCUT2D eigenvalue weighted by Gasteiger charge is 2.07. The normalized spacial score (nSPS) is 11.3. The van der Waals surface area contributed by atoms with Crippen molar-refractivity contribution >= 4 is 9.84 Å². The van der Waals surface area contributed by atoms with Gasteiger partial charge in [-0.3, -0.25) is 0 Å². The maximum atomic E-state index is 11.4. The van der Waals surface area contributed by atoms with Gasteiger partial charge in [-0.1, -0.05) is 13.0 Å². The Hall–Kier alpha value is -1.92. The first kappa shape index (κ1) is 15.5. The lowest BCUT2D eigenvalue weighted by atomic mass is 10.3. The number of pyridine rings is 1. The highest BCUT2D eigenvalue weighted by atomic mass is 32.2. The maximum Gasteiger partial charge on any atom is 0.219 e. The predicted octanol–water partition coefficient (Wildman–Crippen LogP) is 2.39. The number of hydrogen-bond donors (Lipinski definition) is 1. The van der Waals surface area contributed by atoms with Crippen LogP contribution in [0, 0.1) is 0 Å². The molecule has 112 valence electrons. The molecule has 0 unspecified atom stereocenters. The zero-order chi connectivity index (χ0) is 15.3. The Bertz CT molecular complexity index is 697. The van der Waals surface area contributed by atoms with Gasteiger partial charge in [0.05, 0.1) is 10.6 Å². The Kier molecular flexibility index (Phi) is 4.93. The van der Waals surface area contributed by atoms with Crippen LogP contribution in [0.4, 0.5) is 0 Å². The first-order valence-corrected chi connectivity index (χ1v) is 8.53. The maximum absolute atomic E-state index is 11.4. The van der Waals surface area contributed by atoms with E-state index in [2.05, 4.69) is 10.3 Å². The summed E-state index contributed by atoms with van der Waals surface area (Å²) in [5, 5.41) is 3.19. The summed E-state index contributed by atoms with van der Waals surface area (Å²) in [6.45, 7) is 3.59. The molecule has 5 nitrogen and oxygen atoms in total. The van der Waals surface area contributed by atoms with Crippen LogP contribution in [0.2, 0.25) is 0 Å². The van der Waals surface area contributed by atoms with Gasteiger partial charge >= 0.3 is 0 Å². The lowest BCUT2D eigenvalue weighted by Crippen LogP contribution is -2.12. The first-order valence-electron chi connectivity index (χ1n) is 6.63. The van der Waals surface area contributed by atoms with Crippen LogP contribution < -0.4 is 10.1 Å². The third kappa shape index (κ3) is 4.54. The van der Waals surface area contributed by atoms with Crippen molar-refractivity contribution in [3.8, 4) is 11.6 Å². The van der Waals surface area contributed by atoms with Crippen LogP contribution in [0.3, 0.4) is 0 Å². The Balaban J connectivity index is 2.11. The van der Waals surface area contributed by atoms with Crippen molar-refractivity contribution in [2.45, 2.75) is 18.4 Å². The van der Waals surface area contributed by atoms with Gasteiger partial charge in [-0.25, -0.2) is 13.4 Å². The Morgan fingerprint density at radius 3 is 2.48 bits per heavy atom. The summed E-state index contributed by atoms with van der Waals surface area (Å²) in [5.74, 6) is 1.04. The van der Waals surface area contributed by atoms with Crippen LogP contribution in [0.15, 0.2) is 47.4 Å². The average molecular weight is 306 g/mol. The van der Waals surface area contributed by atoms with Crippen LogP contribution >= 0.6 is 0 Å². The van der Waals surface area contributed by atoms with Crippen LogP contribution in [0.5, 0.6) is 11.6 Å². The van der Waals surface area contributed by atoms with Crippen LogP contribution in [0.1, 0.15) is 12.6 Å². The molecule has 1 aromatic carbocycles. The van der Waals surface area contributed by atoms with E-state index >= 15 is 0 Å². The quantitative estimate of drug-likeness (QED) is 0.887. The summed E-state index contributed by atoms with van der Waals surface area (Å²) in [5.41, 5.74) is 0.891. The SMILES string of the molecule is CCNCc1cccc(Oc2ccc(S(C)(=O)=O)cc2)n1. The number of rotatable bonds is 6. The molecule has 1 N–H and O–H groups in total. The fourth-order valence-corrected chi connectivity index (χ4v) is 2.37. The van der Waals surface area contributed by atoms with E-state index in [0.29, 0.717) is 18.2 Å². The van der Waals surface area contributed by atoms with E-state index in [1.165, 1.54) is 18.4 Å². The van der Waals surface area contributed by atoms with Crippen molar-refractivity contribution in [3.05, 3.63) is 48.2 Å². The molecular weight excluding hydrogens is 288 g/mol. The molecule has 1 heterocycles. The molecule has 2 aromatic rings. The third-order valence-electron chi connectivity index (χ3n) is 2.81. The number of hydrogen-bond acceptors (Lipinski definition) is 5. The molecule has 0 spiro atoms. The lowest BCUT2D eigenvalue weighted by Gasteiger charge is -2.07. The topological polar surface area (TPSA) is 68.3 Å². The van der Waals surface area contributed by atoms with E-state index in [-0.39, 0.29) is 4.90 Å². The van der Waals surface area contributed by atoms with E-state index in [4.69, 9.17) is 4.74 Å². The molecule has 0 fully saturated rings. The summed E-state index contributed by atoms with van der Waals surface area (Å²) in [6.07, 6.45) is 1.18. The number of aromatic nitrogens is 1. The fraction of sp³-hybridized carbons (Fsp3) is 0.267. The largest absolute Gasteiger partial charge is 0.439 e. The monoisotopic (exact) mass is 306 g/mol. The molecule has 0 saturated heterocycles. The van der Waals surface area contributed by atoms with Gasteiger partial charge in [0.2, 0.25) is 5.88 Å². The molecule has 21 heavy (non-hydrogen) atoms. The number of nitrogens with zero attached hydrogens (tertiary/aromatic N) is 1. The van der Waals surface area contributed by atoms with Gasteiger partial charge in [0.15, 0.2) is 9.84 Å². The van der Waals surface area contributed by atoms with Crippen LogP contribution in [-0.2, 0) is 16.4 Å². The smallest absolute Gasteiger partial charge is 0.219 e. The molecule has 0 aliphatic carbocycles. The minimum absolute atomic E-state index is 0.267. The fourth-order valence-electron chi connectivity index (χ4n) is 1.74. The number of sulfone groups is 1. The van der Waals surface area contributed by atoms with E-state index in [1.807, 2.05) is 19.1 Å². The van der Waals surface area contributed by atoms with Gasteiger partial charge in [0.1, 0.15) is 5.75 Å². The number of nitrogens with one attached hydrogen (secondary N) is 1. The average Bonchev–Trinajstić information content (AvgIpc) is 2.45. The first-order chi connectivity index (χ1) is 9.99. The van der Waals surface area contributed by atoms with Crippen molar-refractivity contribution < 1.29 is 13.2 Å². The standard InChI is InChI=1S/C15H18N2O3S/c1-3-16-11-12-5-4-6-15(17-12)20-13-7-9-14(10-8-13)21(2,18)19/h4-10,16H,3,11H2,1-2H3. The predicted molar refractivity (Wildman–Crippen MR) is 81.2 cm³/mol. The van der Waals surface area contributed by atoms with Crippen molar-refractivity contribution in [2.75, 3.05) is 12.8 Å². The van der Waals surface area contributed by atoms with E-state index < -0.39 is 9.84 Å². The van der Waals surface area contributed by atoms with Gasteiger partial charge in [0.25, 0.3) is 0 Å². The molecular formula is C15H18N2O3S. The second kappa shape index (κ2) is 6.69. The highest BCUT2D eigenvalue weighted by molar-refractivity contribution is 7.90. The van der Waals surface area contributed by atoms with Crippen molar-refractivity contribution in [1.29, 1.82) is 0 Å². The van der Waals surface area contributed by atoms with Gasteiger partial charge in [-0.2, -0.15) is 0 Å². The molecule has 6 heteroatoms. The van der Waals surface area contributed by atoms with E-state index in [1.54, 1.807) is 18.2 Å². The number of benzene rings is 1. The molecule has 1 aromatic heterocycles. The van der Waals surface area contributed by atoms with Gasteiger partial charge < -0.3 is 10.1 Å². The summed E-state index contributed by atoms with van der Waals surface area (Å²) in [6, 6.07) is 11.8. The summed E-state index contributed by atoms with van der Waals surface area (Å²) in [4.78, 5) is 4.64. The molecule has 0 amide bonds. The highest BCUT2D eigenvalue weighted by Crippen LogP contribution is 2.21. The van der Waals surface area contributed by atoms with Gasteiger partial charge in [-0.05, 0) is 36.9 Å². The molecule has 0 aliphatic rings. The molecule has 0 radical (unpaired) electrons. The van der Waals surface area contributed by atoms with Crippen LogP contribution in [0.25, 0.3) is 0 Å². The summed E-state index contributed by atoms with van der Waals surface area (Å²) < 4.78 is 28.4. The van der Waals surface area contributed by atoms with Gasteiger partial charge in [-0.15, -0.1) is 0 Å². The minimum atomic E-state index is -3.19. The van der Waals surface area contributed by atoms with Crippen LogP contribution in [-0.4, -0.2) is 26.2 Å². The van der Waals surface area contributed by atoms with Crippen molar-refractivity contribution in [2.24, 2.45) is 0 Å². The Morgan fingerprint density at radius 1 is 1.14 bits per heavy atom. The van der Waals surface area contributed by atoms with E-state index in [9.17, 15) is 8.42 Å².